The number of phenols is 1. The summed E-state index contributed by atoms with van der Waals surface area (Å²) < 4.78 is 0. The zero-order valence-electron chi connectivity index (χ0n) is 14.0. The number of carbonyl (C=O) groups excluding carboxylic acids is 2. The van der Waals surface area contributed by atoms with Crippen LogP contribution in [0, 0.1) is 0 Å². The fourth-order valence-electron chi connectivity index (χ4n) is 2.34. The average Bonchev–Trinajstić information content (AvgIpc) is 2.62. The van der Waals surface area contributed by atoms with Gasteiger partial charge >= 0.3 is 5.97 Å². The van der Waals surface area contributed by atoms with Gasteiger partial charge in [0.1, 0.15) is 17.0 Å². The summed E-state index contributed by atoms with van der Waals surface area (Å²) in [6.45, 7) is 0.341. The molecule has 134 valence electrons. The molecule has 0 heterocycles. The molecule has 2 rings (SSSR count). The van der Waals surface area contributed by atoms with E-state index in [4.69, 9.17) is 5.11 Å². The van der Waals surface area contributed by atoms with Crippen LogP contribution in [0.4, 0.5) is 0 Å². The van der Waals surface area contributed by atoms with Gasteiger partial charge in [-0.3, -0.25) is 9.59 Å². The molecule has 0 aromatic heterocycles. The molecular formula is C19H18N2O5. The van der Waals surface area contributed by atoms with Gasteiger partial charge in [0.25, 0.3) is 5.91 Å². The van der Waals surface area contributed by atoms with Crippen LogP contribution in [0.1, 0.15) is 21.5 Å². The highest BCUT2D eigenvalue weighted by Gasteiger charge is 2.16. The highest BCUT2D eigenvalue weighted by molar-refractivity contribution is 5.99. The van der Waals surface area contributed by atoms with Crippen LogP contribution < -0.4 is 5.32 Å². The average molecular weight is 354 g/mol. The molecule has 0 aliphatic rings. The van der Waals surface area contributed by atoms with Gasteiger partial charge in [0, 0.05) is 13.6 Å². The molecule has 2 aromatic carbocycles. The molecule has 0 saturated heterocycles. The first-order chi connectivity index (χ1) is 12.4. The van der Waals surface area contributed by atoms with E-state index in [1.54, 1.807) is 7.05 Å². The van der Waals surface area contributed by atoms with Crippen LogP contribution in [0.3, 0.4) is 0 Å². The SMILES string of the molecule is CN(Cc1ccccc1)C(=O)/C(=C/c1ccc(O)c(C(=O)O)c1)NC=O. The lowest BCUT2D eigenvalue weighted by Crippen LogP contribution is -2.32. The smallest absolute Gasteiger partial charge is 0.339 e. The fourth-order valence-corrected chi connectivity index (χ4v) is 2.34. The molecule has 0 fully saturated rings. The number of rotatable bonds is 7. The van der Waals surface area contributed by atoms with Gasteiger partial charge in [-0.15, -0.1) is 0 Å². The lowest BCUT2D eigenvalue weighted by atomic mass is 10.1. The maximum Gasteiger partial charge on any atom is 0.339 e. The third-order valence-corrected chi connectivity index (χ3v) is 3.62. The Bertz CT molecular complexity index is 846. The third-order valence-electron chi connectivity index (χ3n) is 3.62. The van der Waals surface area contributed by atoms with Gasteiger partial charge in [0.15, 0.2) is 0 Å². The molecule has 3 N–H and O–H groups in total. The highest BCUT2D eigenvalue weighted by Crippen LogP contribution is 2.20. The minimum absolute atomic E-state index is 0.0135. The van der Waals surface area contributed by atoms with Crippen LogP contribution in [0.15, 0.2) is 54.2 Å². The Morgan fingerprint density at radius 2 is 1.85 bits per heavy atom. The van der Waals surface area contributed by atoms with Gasteiger partial charge in [-0.05, 0) is 29.3 Å². The summed E-state index contributed by atoms with van der Waals surface area (Å²) in [5.74, 6) is -2.12. The second kappa shape index (κ2) is 8.48. The van der Waals surface area contributed by atoms with E-state index < -0.39 is 11.9 Å². The lowest BCUT2D eigenvalue weighted by Gasteiger charge is -2.18. The quantitative estimate of drug-likeness (QED) is 0.519. The Morgan fingerprint density at radius 1 is 1.15 bits per heavy atom. The molecule has 0 saturated carbocycles. The monoisotopic (exact) mass is 354 g/mol. The Morgan fingerprint density at radius 3 is 2.46 bits per heavy atom. The van der Waals surface area contributed by atoms with Gasteiger partial charge in [-0.25, -0.2) is 4.79 Å². The molecule has 0 aliphatic carbocycles. The van der Waals surface area contributed by atoms with E-state index in [1.807, 2.05) is 30.3 Å². The van der Waals surface area contributed by atoms with Crippen LogP contribution >= 0.6 is 0 Å². The summed E-state index contributed by atoms with van der Waals surface area (Å²) in [7, 11) is 1.59. The number of likely N-dealkylation sites (N-methyl/N-ethyl adjacent to an activating group) is 1. The molecule has 0 aliphatic heterocycles. The number of carboxylic acid groups (broad SMARTS) is 1. The number of nitrogens with zero attached hydrogens (tertiary/aromatic N) is 1. The van der Waals surface area contributed by atoms with Gasteiger partial charge < -0.3 is 20.4 Å². The van der Waals surface area contributed by atoms with Gasteiger partial charge in [-0.2, -0.15) is 0 Å². The minimum atomic E-state index is -1.30. The number of aromatic hydroxyl groups is 1. The summed E-state index contributed by atoms with van der Waals surface area (Å²) in [5.41, 5.74) is 0.965. The minimum Gasteiger partial charge on any atom is -0.507 e. The molecule has 0 spiro atoms. The number of carbonyl (C=O) groups is 3. The number of carboxylic acids is 1. The highest BCUT2D eigenvalue weighted by atomic mass is 16.4. The number of amides is 2. The molecule has 2 amide bonds. The zero-order valence-corrected chi connectivity index (χ0v) is 14.0. The number of nitrogens with one attached hydrogen (secondary N) is 1. The van der Waals surface area contributed by atoms with Crippen molar-refractivity contribution in [2.75, 3.05) is 7.05 Å². The van der Waals surface area contributed by atoms with Crippen molar-refractivity contribution in [3.05, 3.63) is 70.9 Å². The van der Waals surface area contributed by atoms with Crippen molar-refractivity contribution < 1.29 is 24.6 Å². The second-order valence-electron chi connectivity index (χ2n) is 5.55. The Kier molecular flexibility index (Phi) is 6.10. The fraction of sp³-hybridized carbons (Fsp3) is 0.105. The number of benzene rings is 2. The number of hydrogen-bond donors (Lipinski definition) is 3. The predicted molar refractivity (Wildman–Crippen MR) is 95.2 cm³/mol. The first-order valence-electron chi connectivity index (χ1n) is 7.70. The molecule has 0 atom stereocenters. The van der Waals surface area contributed by atoms with Crippen molar-refractivity contribution in [1.82, 2.24) is 10.2 Å². The van der Waals surface area contributed by atoms with Gasteiger partial charge in [-0.1, -0.05) is 36.4 Å². The van der Waals surface area contributed by atoms with Crippen molar-refractivity contribution in [3.8, 4) is 5.75 Å². The molecule has 0 radical (unpaired) electrons. The van der Waals surface area contributed by atoms with E-state index in [-0.39, 0.29) is 17.0 Å². The normalized spacial score (nSPS) is 10.9. The Labute approximate surface area is 150 Å². The van der Waals surface area contributed by atoms with Crippen LogP contribution in [0.2, 0.25) is 0 Å². The van der Waals surface area contributed by atoms with Gasteiger partial charge in [0.2, 0.25) is 6.41 Å². The summed E-state index contributed by atoms with van der Waals surface area (Å²) in [5, 5.41) is 21.0. The Hall–Kier alpha value is -3.61. The predicted octanol–water partition coefficient (Wildman–Crippen LogP) is 1.84. The van der Waals surface area contributed by atoms with Crippen LogP contribution in [-0.2, 0) is 16.1 Å². The van der Waals surface area contributed by atoms with Crippen molar-refractivity contribution in [2.45, 2.75) is 6.54 Å². The summed E-state index contributed by atoms with van der Waals surface area (Å²) in [4.78, 5) is 36.0. The third kappa shape index (κ3) is 4.70. The standard InChI is InChI=1S/C19H18N2O5/c1-21(11-13-5-3-2-4-6-13)18(24)16(20-12-22)10-14-7-8-17(23)15(9-14)19(25)26/h2-10,12,23H,11H2,1H3,(H,20,22)(H,25,26)/b16-10-. The molecule has 7 heteroatoms. The molecular weight excluding hydrogens is 336 g/mol. The summed E-state index contributed by atoms with van der Waals surface area (Å²) >= 11 is 0. The van der Waals surface area contributed by atoms with E-state index in [1.165, 1.54) is 29.2 Å². The zero-order chi connectivity index (χ0) is 19.1. The van der Waals surface area contributed by atoms with Crippen molar-refractivity contribution >= 4 is 24.4 Å². The number of hydrogen-bond acceptors (Lipinski definition) is 4. The van der Waals surface area contributed by atoms with E-state index in [0.29, 0.717) is 18.5 Å². The van der Waals surface area contributed by atoms with E-state index >= 15 is 0 Å². The van der Waals surface area contributed by atoms with Crippen LogP contribution in [-0.4, -0.2) is 40.4 Å². The van der Waals surface area contributed by atoms with E-state index in [2.05, 4.69) is 5.32 Å². The van der Waals surface area contributed by atoms with Crippen molar-refractivity contribution in [3.63, 3.8) is 0 Å². The topological polar surface area (TPSA) is 107 Å². The first-order valence-corrected chi connectivity index (χ1v) is 7.70. The Balaban J connectivity index is 2.28. The van der Waals surface area contributed by atoms with Crippen molar-refractivity contribution in [1.29, 1.82) is 0 Å². The van der Waals surface area contributed by atoms with Crippen LogP contribution in [0.5, 0.6) is 5.75 Å². The molecule has 0 unspecified atom stereocenters. The largest absolute Gasteiger partial charge is 0.507 e. The first kappa shape index (κ1) is 18.7. The van der Waals surface area contributed by atoms with Gasteiger partial charge in [0.05, 0.1) is 0 Å². The van der Waals surface area contributed by atoms with E-state index in [0.717, 1.165) is 5.56 Å². The molecule has 0 bridgehead atoms. The van der Waals surface area contributed by atoms with Crippen LogP contribution in [0.25, 0.3) is 6.08 Å². The second-order valence-corrected chi connectivity index (χ2v) is 5.55. The molecule has 7 nitrogen and oxygen atoms in total. The maximum atomic E-state index is 12.6. The summed E-state index contributed by atoms with van der Waals surface area (Å²) in [6, 6.07) is 13.2. The number of aromatic carboxylic acids is 1. The molecule has 2 aromatic rings. The maximum absolute atomic E-state index is 12.6. The molecule has 26 heavy (non-hydrogen) atoms. The summed E-state index contributed by atoms with van der Waals surface area (Å²) in [6.07, 6.45) is 1.72. The lowest BCUT2D eigenvalue weighted by molar-refractivity contribution is -0.127. The van der Waals surface area contributed by atoms with Crippen molar-refractivity contribution in [2.24, 2.45) is 0 Å². The van der Waals surface area contributed by atoms with E-state index in [9.17, 15) is 19.5 Å².